The van der Waals surface area contributed by atoms with E-state index in [-0.39, 0.29) is 17.4 Å². The number of nitrogens with zero attached hydrogens (tertiary/aromatic N) is 5. The molecule has 0 spiro atoms. The predicted molar refractivity (Wildman–Crippen MR) is 139 cm³/mol. The molecule has 1 aliphatic rings. The van der Waals surface area contributed by atoms with Crippen molar-refractivity contribution in [1.82, 2.24) is 24.0 Å². The average molecular weight is 475 g/mol. The molecule has 8 nitrogen and oxygen atoms in total. The number of likely N-dealkylation sites (tertiary alicyclic amines) is 1. The van der Waals surface area contributed by atoms with Crippen molar-refractivity contribution in [2.75, 3.05) is 20.2 Å². The van der Waals surface area contributed by atoms with Crippen LogP contribution in [0.2, 0.25) is 0 Å². The summed E-state index contributed by atoms with van der Waals surface area (Å²) in [4.78, 5) is 24.8. The van der Waals surface area contributed by atoms with Crippen molar-refractivity contribution in [3.8, 4) is 17.3 Å². The number of hydrogen-bond acceptors (Lipinski definition) is 5. The first kappa shape index (κ1) is 23.4. The maximum absolute atomic E-state index is 13.3. The lowest BCUT2D eigenvalue weighted by Crippen LogP contribution is -2.45. The summed E-state index contributed by atoms with van der Waals surface area (Å²) >= 11 is 0. The van der Waals surface area contributed by atoms with E-state index >= 15 is 0 Å². The zero-order valence-electron chi connectivity index (χ0n) is 21.2. The third-order valence-electron chi connectivity index (χ3n) is 6.66. The molecule has 1 fully saturated rings. The highest BCUT2D eigenvalue weighted by Gasteiger charge is 2.26. The van der Waals surface area contributed by atoms with Crippen LogP contribution in [0.5, 0.6) is 5.75 Å². The van der Waals surface area contributed by atoms with Gasteiger partial charge >= 0.3 is 0 Å². The van der Waals surface area contributed by atoms with E-state index < -0.39 is 0 Å². The van der Waals surface area contributed by atoms with Crippen molar-refractivity contribution >= 4 is 28.0 Å². The lowest BCUT2D eigenvalue weighted by Gasteiger charge is -2.30. The minimum absolute atomic E-state index is 0.0260. The number of aromatic nitrogens is 4. The standard InChI is InChI=1S/C27H34N6O2/c1-27(2,3)16-33-21(13-17-8-6-10-29-24(17)33)25-30-20-12-18(14-22(35-5)23(20)31(25)4)26(34)32-11-7-9-19(28)15-32/h6,8,10,12-14,19H,7,9,11,15-16,28H2,1-5H3/t19-/m1/s1. The first-order valence-electron chi connectivity index (χ1n) is 12.2. The number of hydrogen-bond donors (Lipinski definition) is 1. The second kappa shape index (κ2) is 8.68. The van der Waals surface area contributed by atoms with Gasteiger partial charge < -0.3 is 24.5 Å². The van der Waals surface area contributed by atoms with Crippen LogP contribution in [0.15, 0.2) is 36.5 Å². The van der Waals surface area contributed by atoms with E-state index in [4.69, 9.17) is 15.5 Å². The minimum atomic E-state index is -0.0291. The number of amides is 1. The summed E-state index contributed by atoms with van der Waals surface area (Å²) in [6, 6.07) is 9.90. The highest BCUT2D eigenvalue weighted by atomic mass is 16.5. The molecule has 0 saturated carbocycles. The van der Waals surface area contributed by atoms with Crippen LogP contribution in [0.25, 0.3) is 33.6 Å². The van der Waals surface area contributed by atoms with Crippen molar-refractivity contribution < 1.29 is 9.53 Å². The van der Waals surface area contributed by atoms with Gasteiger partial charge in [-0.05, 0) is 48.6 Å². The molecule has 5 rings (SSSR count). The van der Waals surface area contributed by atoms with E-state index in [1.165, 1.54) is 0 Å². The van der Waals surface area contributed by atoms with Crippen LogP contribution in [0, 0.1) is 5.41 Å². The minimum Gasteiger partial charge on any atom is -0.494 e. The molecule has 8 heteroatoms. The van der Waals surface area contributed by atoms with Crippen molar-refractivity contribution in [1.29, 1.82) is 0 Å². The topological polar surface area (TPSA) is 91.2 Å². The SMILES string of the molecule is COc1cc(C(=O)N2CCC[C@@H](N)C2)cc2nc(-c3cc4cccnc4n3CC(C)(C)C)n(C)c12. The normalized spacial score (nSPS) is 16.9. The summed E-state index contributed by atoms with van der Waals surface area (Å²) in [7, 11) is 3.62. The first-order chi connectivity index (χ1) is 16.7. The number of fused-ring (bicyclic) bond motifs is 2. The van der Waals surface area contributed by atoms with E-state index in [9.17, 15) is 4.79 Å². The molecule has 1 aromatic carbocycles. The summed E-state index contributed by atoms with van der Waals surface area (Å²) in [6.07, 6.45) is 3.70. The molecule has 0 bridgehead atoms. The van der Waals surface area contributed by atoms with Crippen molar-refractivity contribution in [2.24, 2.45) is 18.2 Å². The number of methoxy groups -OCH3 is 1. The van der Waals surface area contributed by atoms with Gasteiger partial charge in [-0.25, -0.2) is 9.97 Å². The zero-order chi connectivity index (χ0) is 24.9. The number of carbonyl (C=O) groups is 1. The molecular formula is C27H34N6O2. The molecule has 1 amide bonds. The Morgan fingerprint density at radius 1 is 1.26 bits per heavy atom. The van der Waals surface area contributed by atoms with Crippen LogP contribution >= 0.6 is 0 Å². The Bertz CT molecular complexity index is 1410. The Hall–Kier alpha value is -3.39. The summed E-state index contributed by atoms with van der Waals surface area (Å²) in [5.74, 6) is 1.41. The van der Waals surface area contributed by atoms with Crippen LogP contribution in [0.3, 0.4) is 0 Å². The molecule has 3 aromatic heterocycles. The molecule has 2 N–H and O–H groups in total. The third-order valence-corrected chi connectivity index (χ3v) is 6.66. The fraction of sp³-hybridized carbons (Fsp3) is 0.444. The van der Waals surface area contributed by atoms with Crippen molar-refractivity contribution in [2.45, 2.75) is 46.2 Å². The van der Waals surface area contributed by atoms with Gasteiger partial charge in [0.05, 0.1) is 18.3 Å². The van der Waals surface area contributed by atoms with Crippen LogP contribution in [0.4, 0.5) is 0 Å². The van der Waals surface area contributed by atoms with E-state index in [1.807, 2.05) is 40.9 Å². The number of benzene rings is 1. The molecule has 1 saturated heterocycles. The smallest absolute Gasteiger partial charge is 0.254 e. The van der Waals surface area contributed by atoms with Gasteiger partial charge in [-0.1, -0.05) is 20.8 Å². The predicted octanol–water partition coefficient (Wildman–Crippen LogP) is 4.21. The molecule has 0 unspecified atom stereocenters. The van der Waals surface area contributed by atoms with Crippen molar-refractivity contribution in [3.05, 3.63) is 42.1 Å². The molecule has 35 heavy (non-hydrogen) atoms. The molecule has 0 radical (unpaired) electrons. The van der Waals surface area contributed by atoms with Crippen LogP contribution in [-0.2, 0) is 13.6 Å². The Morgan fingerprint density at radius 3 is 2.77 bits per heavy atom. The van der Waals surface area contributed by atoms with Gasteiger partial charge in [0.2, 0.25) is 0 Å². The number of nitrogens with two attached hydrogens (primary N) is 1. The number of pyridine rings is 1. The zero-order valence-corrected chi connectivity index (χ0v) is 21.2. The first-order valence-corrected chi connectivity index (χ1v) is 12.2. The number of carbonyl (C=O) groups excluding carboxylic acids is 1. The molecule has 4 heterocycles. The summed E-state index contributed by atoms with van der Waals surface area (Å²) in [5.41, 5.74) is 10.3. The second-order valence-electron chi connectivity index (χ2n) is 10.8. The van der Waals surface area contributed by atoms with E-state index in [0.29, 0.717) is 17.9 Å². The number of rotatable bonds is 4. The van der Waals surface area contributed by atoms with Crippen LogP contribution in [-0.4, -0.2) is 56.2 Å². The van der Waals surface area contributed by atoms with Gasteiger partial charge in [0.1, 0.15) is 16.9 Å². The summed E-state index contributed by atoms with van der Waals surface area (Å²) < 4.78 is 10.0. The number of piperidine rings is 1. The van der Waals surface area contributed by atoms with Gasteiger partial charge in [-0.3, -0.25) is 4.79 Å². The summed E-state index contributed by atoms with van der Waals surface area (Å²) in [5, 5.41) is 1.07. The van der Waals surface area contributed by atoms with E-state index in [1.54, 1.807) is 7.11 Å². The average Bonchev–Trinajstić information content (AvgIpc) is 3.34. The second-order valence-corrected chi connectivity index (χ2v) is 10.8. The highest BCUT2D eigenvalue weighted by molar-refractivity contribution is 6.00. The Labute approximate surface area is 205 Å². The molecule has 0 aliphatic carbocycles. The monoisotopic (exact) mass is 474 g/mol. The van der Waals surface area contributed by atoms with Crippen LogP contribution in [0.1, 0.15) is 44.0 Å². The lowest BCUT2D eigenvalue weighted by molar-refractivity contribution is 0.0708. The van der Waals surface area contributed by atoms with Gasteiger partial charge in [0.25, 0.3) is 5.91 Å². The van der Waals surface area contributed by atoms with Gasteiger partial charge in [0, 0.05) is 49.9 Å². The molecule has 1 atom stereocenters. The molecule has 184 valence electrons. The Morgan fingerprint density at radius 2 is 2.06 bits per heavy atom. The molecule has 1 aliphatic heterocycles. The third kappa shape index (κ3) is 4.27. The largest absolute Gasteiger partial charge is 0.494 e. The fourth-order valence-electron chi connectivity index (χ4n) is 5.10. The van der Waals surface area contributed by atoms with Gasteiger partial charge in [0.15, 0.2) is 5.82 Å². The van der Waals surface area contributed by atoms with E-state index in [2.05, 4.69) is 42.5 Å². The number of ether oxygens (including phenoxy) is 1. The lowest BCUT2D eigenvalue weighted by atomic mass is 9.97. The maximum atomic E-state index is 13.3. The van der Waals surface area contributed by atoms with Gasteiger partial charge in [-0.15, -0.1) is 0 Å². The number of aryl methyl sites for hydroxylation is 1. The van der Waals surface area contributed by atoms with Crippen LogP contribution < -0.4 is 10.5 Å². The maximum Gasteiger partial charge on any atom is 0.254 e. The summed E-state index contributed by atoms with van der Waals surface area (Å²) in [6.45, 7) is 8.74. The Kier molecular flexibility index (Phi) is 5.79. The van der Waals surface area contributed by atoms with E-state index in [0.717, 1.165) is 59.5 Å². The van der Waals surface area contributed by atoms with Gasteiger partial charge in [-0.2, -0.15) is 0 Å². The number of imidazole rings is 1. The molecule has 4 aromatic rings. The quantitative estimate of drug-likeness (QED) is 0.478. The van der Waals surface area contributed by atoms with Crippen molar-refractivity contribution in [3.63, 3.8) is 0 Å². The molecular weight excluding hydrogens is 440 g/mol. The Balaban J connectivity index is 1.65. The fourth-order valence-corrected chi connectivity index (χ4v) is 5.10. The highest BCUT2D eigenvalue weighted by Crippen LogP contribution is 2.35.